The minimum absolute atomic E-state index is 0.239. The second-order valence-electron chi connectivity index (χ2n) is 5.07. The fraction of sp³-hybridized carbons (Fsp3) is 0.278. The Bertz CT molecular complexity index is 609. The van der Waals surface area contributed by atoms with E-state index < -0.39 is 6.09 Å². The van der Waals surface area contributed by atoms with E-state index in [9.17, 15) is 4.79 Å². The van der Waals surface area contributed by atoms with Gasteiger partial charge in [-0.15, -0.1) is 0 Å². The molecule has 0 unspecified atom stereocenters. The van der Waals surface area contributed by atoms with Gasteiger partial charge >= 0.3 is 6.09 Å². The van der Waals surface area contributed by atoms with Crippen LogP contribution in [0.5, 0.6) is 0 Å². The molecule has 0 aromatic heterocycles. The predicted octanol–water partition coefficient (Wildman–Crippen LogP) is 3.51. The standard InChI is InChI=1S/C18H22N2O3/c1-19-16-7-3-14(4-8-16)13-15-5-9-17(10-6-15)20-18(21)23-12-11-22-2/h3-10,19H,11-13H2,1-2H3,(H,20,21). The lowest BCUT2D eigenvalue weighted by atomic mass is 10.0. The summed E-state index contributed by atoms with van der Waals surface area (Å²) in [5.41, 5.74) is 4.23. The fourth-order valence-electron chi connectivity index (χ4n) is 2.10. The summed E-state index contributed by atoms with van der Waals surface area (Å²) in [4.78, 5) is 11.5. The highest BCUT2D eigenvalue weighted by molar-refractivity contribution is 5.84. The van der Waals surface area contributed by atoms with E-state index in [-0.39, 0.29) is 6.61 Å². The quantitative estimate of drug-likeness (QED) is 0.768. The van der Waals surface area contributed by atoms with Gasteiger partial charge in [-0.3, -0.25) is 5.32 Å². The largest absolute Gasteiger partial charge is 0.447 e. The normalized spacial score (nSPS) is 10.2. The third-order valence-electron chi connectivity index (χ3n) is 3.37. The molecule has 0 saturated carbocycles. The molecule has 1 amide bonds. The molecule has 0 aliphatic heterocycles. The summed E-state index contributed by atoms with van der Waals surface area (Å²) in [5, 5.41) is 5.78. The molecule has 0 atom stereocenters. The Balaban J connectivity index is 1.87. The highest BCUT2D eigenvalue weighted by Crippen LogP contribution is 2.15. The van der Waals surface area contributed by atoms with Crippen molar-refractivity contribution >= 4 is 17.5 Å². The average molecular weight is 314 g/mol. The molecule has 0 aliphatic rings. The average Bonchev–Trinajstić information content (AvgIpc) is 2.57. The molecule has 2 aromatic carbocycles. The Kier molecular flexibility index (Phi) is 6.44. The highest BCUT2D eigenvalue weighted by atomic mass is 16.6. The third-order valence-corrected chi connectivity index (χ3v) is 3.37. The van der Waals surface area contributed by atoms with E-state index in [1.807, 2.05) is 31.3 Å². The van der Waals surface area contributed by atoms with Gasteiger partial charge in [-0.2, -0.15) is 0 Å². The Morgan fingerprint density at radius 1 is 0.913 bits per heavy atom. The van der Waals surface area contributed by atoms with Crippen LogP contribution in [0, 0.1) is 0 Å². The van der Waals surface area contributed by atoms with Crippen LogP contribution in [0.1, 0.15) is 11.1 Å². The molecule has 2 aromatic rings. The smallest absolute Gasteiger partial charge is 0.411 e. The van der Waals surface area contributed by atoms with Crippen LogP contribution in [0.2, 0.25) is 0 Å². The summed E-state index contributed by atoms with van der Waals surface area (Å²) in [6, 6.07) is 16.1. The summed E-state index contributed by atoms with van der Waals surface area (Å²) >= 11 is 0. The second kappa shape index (κ2) is 8.80. The molecular formula is C18H22N2O3. The first-order valence-corrected chi connectivity index (χ1v) is 7.49. The van der Waals surface area contributed by atoms with Crippen LogP contribution >= 0.6 is 0 Å². The lowest BCUT2D eigenvalue weighted by Gasteiger charge is -2.08. The molecule has 0 radical (unpaired) electrons. The van der Waals surface area contributed by atoms with E-state index in [1.54, 1.807) is 7.11 Å². The number of ether oxygens (including phenoxy) is 2. The van der Waals surface area contributed by atoms with Crippen LogP contribution in [0.15, 0.2) is 48.5 Å². The van der Waals surface area contributed by atoms with Gasteiger partial charge in [0.15, 0.2) is 0 Å². The zero-order chi connectivity index (χ0) is 16.5. The number of benzene rings is 2. The number of hydrogen-bond acceptors (Lipinski definition) is 4. The highest BCUT2D eigenvalue weighted by Gasteiger charge is 2.03. The molecule has 0 heterocycles. The maximum Gasteiger partial charge on any atom is 0.411 e. The minimum Gasteiger partial charge on any atom is -0.447 e. The van der Waals surface area contributed by atoms with Crippen LogP contribution < -0.4 is 10.6 Å². The summed E-state index contributed by atoms with van der Waals surface area (Å²) in [6.07, 6.45) is 0.375. The van der Waals surface area contributed by atoms with Crippen molar-refractivity contribution in [3.05, 3.63) is 59.7 Å². The fourth-order valence-corrected chi connectivity index (χ4v) is 2.10. The first-order valence-electron chi connectivity index (χ1n) is 7.49. The molecule has 5 nitrogen and oxygen atoms in total. The minimum atomic E-state index is -0.475. The van der Waals surface area contributed by atoms with Crippen molar-refractivity contribution in [1.29, 1.82) is 0 Å². The van der Waals surface area contributed by atoms with E-state index in [0.717, 1.165) is 12.1 Å². The maximum atomic E-state index is 11.5. The second-order valence-corrected chi connectivity index (χ2v) is 5.07. The van der Waals surface area contributed by atoms with Gasteiger partial charge in [-0.05, 0) is 41.8 Å². The topological polar surface area (TPSA) is 59.6 Å². The molecule has 23 heavy (non-hydrogen) atoms. The molecule has 5 heteroatoms. The lowest BCUT2D eigenvalue weighted by Crippen LogP contribution is -2.16. The van der Waals surface area contributed by atoms with E-state index in [1.165, 1.54) is 11.1 Å². The van der Waals surface area contributed by atoms with Gasteiger partial charge in [0.1, 0.15) is 6.61 Å². The Morgan fingerprint density at radius 3 is 2.00 bits per heavy atom. The number of anilines is 2. The first-order chi connectivity index (χ1) is 11.2. The van der Waals surface area contributed by atoms with Crippen molar-refractivity contribution in [2.45, 2.75) is 6.42 Å². The summed E-state index contributed by atoms with van der Waals surface area (Å²) < 4.78 is 9.77. The van der Waals surface area contributed by atoms with Gasteiger partial charge in [0, 0.05) is 25.5 Å². The molecule has 0 spiro atoms. The van der Waals surface area contributed by atoms with Gasteiger partial charge in [0.05, 0.1) is 6.61 Å². The van der Waals surface area contributed by atoms with E-state index >= 15 is 0 Å². The summed E-state index contributed by atoms with van der Waals surface area (Å²) in [5.74, 6) is 0. The molecule has 0 aliphatic carbocycles. The van der Waals surface area contributed by atoms with Crippen LogP contribution in [-0.2, 0) is 15.9 Å². The van der Waals surface area contributed by atoms with Crippen LogP contribution in [-0.4, -0.2) is 33.5 Å². The van der Waals surface area contributed by atoms with Crippen molar-refractivity contribution in [1.82, 2.24) is 0 Å². The SMILES string of the molecule is CNc1ccc(Cc2ccc(NC(=O)OCCOC)cc2)cc1. The molecule has 0 fully saturated rings. The van der Waals surface area contributed by atoms with Crippen molar-refractivity contribution in [2.75, 3.05) is 38.0 Å². The number of carbonyl (C=O) groups excluding carboxylic acids is 1. The Labute approximate surface area is 136 Å². The monoisotopic (exact) mass is 314 g/mol. The first kappa shape index (κ1) is 16.8. The van der Waals surface area contributed by atoms with Crippen molar-refractivity contribution < 1.29 is 14.3 Å². The third kappa shape index (κ3) is 5.64. The van der Waals surface area contributed by atoms with Crippen LogP contribution in [0.4, 0.5) is 16.2 Å². The molecule has 2 rings (SSSR count). The molecule has 122 valence electrons. The maximum absolute atomic E-state index is 11.5. The predicted molar refractivity (Wildman–Crippen MR) is 92.1 cm³/mol. The van der Waals surface area contributed by atoms with E-state index in [0.29, 0.717) is 12.3 Å². The van der Waals surface area contributed by atoms with Crippen molar-refractivity contribution in [2.24, 2.45) is 0 Å². The van der Waals surface area contributed by atoms with Crippen molar-refractivity contribution in [3.63, 3.8) is 0 Å². The number of carbonyl (C=O) groups is 1. The van der Waals surface area contributed by atoms with E-state index in [4.69, 9.17) is 9.47 Å². The summed E-state index contributed by atoms with van der Waals surface area (Å²) in [7, 11) is 3.47. The molecule has 0 saturated heterocycles. The number of methoxy groups -OCH3 is 1. The number of hydrogen-bond donors (Lipinski definition) is 2. The lowest BCUT2D eigenvalue weighted by molar-refractivity contribution is 0.107. The number of amides is 1. The van der Waals surface area contributed by atoms with Gasteiger partial charge in [-0.25, -0.2) is 4.79 Å². The zero-order valence-electron chi connectivity index (χ0n) is 13.5. The Hall–Kier alpha value is -2.53. The molecule has 2 N–H and O–H groups in total. The van der Waals surface area contributed by atoms with Gasteiger partial charge < -0.3 is 14.8 Å². The van der Waals surface area contributed by atoms with Crippen LogP contribution in [0.3, 0.4) is 0 Å². The van der Waals surface area contributed by atoms with Gasteiger partial charge in [0.25, 0.3) is 0 Å². The van der Waals surface area contributed by atoms with Gasteiger partial charge in [-0.1, -0.05) is 24.3 Å². The Morgan fingerprint density at radius 2 is 1.48 bits per heavy atom. The molecular weight excluding hydrogens is 292 g/mol. The van der Waals surface area contributed by atoms with Gasteiger partial charge in [0.2, 0.25) is 0 Å². The molecule has 0 bridgehead atoms. The van der Waals surface area contributed by atoms with E-state index in [2.05, 4.69) is 34.9 Å². The van der Waals surface area contributed by atoms with Crippen molar-refractivity contribution in [3.8, 4) is 0 Å². The van der Waals surface area contributed by atoms with Crippen LogP contribution in [0.25, 0.3) is 0 Å². The number of nitrogens with one attached hydrogen (secondary N) is 2. The zero-order valence-corrected chi connectivity index (χ0v) is 13.5. The number of rotatable bonds is 7. The summed E-state index contributed by atoms with van der Waals surface area (Å²) in [6.45, 7) is 0.627.